The smallest absolute Gasteiger partial charge is 0.256 e. The van der Waals surface area contributed by atoms with E-state index in [1.807, 2.05) is 36.9 Å². The summed E-state index contributed by atoms with van der Waals surface area (Å²) in [6.07, 6.45) is 2.21. The molecule has 2 rings (SSSR count). The summed E-state index contributed by atoms with van der Waals surface area (Å²) in [5.41, 5.74) is 2.84. The van der Waals surface area contributed by atoms with E-state index in [1.54, 1.807) is 7.11 Å². The summed E-state index contributed by atoms with van der Waals surface area (Å²) in [5, 5.41) is 3.28. The molecule has 0 bridgehead atoms. The van der Waals surface area contributed by atoms with Crippen LogP contribution in [0.25, 0.3) is 0 Å². The van der Waals surface area contributed by atoms with Crippen molar-refractivity contribution in [2.45, 2.75) is 32.8 Å². The van der Waals surface area contributed by atoms with Gasteiger partial charge in [0, 0.05) is 32.4 Å². The van der Waals surface area contributed by atoms with E-state index in [1.165, 1.54) is 0 Å². The molecule has 1 aliphatic rings. The number of amides is 1. The lowest BCUT2D eigenvalue weighted by atomic mass is 10.0. The number of carbonyl (C=O) groups is 1. The number of rotatable bonds is 4. The molecule has 0 aromatic heterocycles. The highest BCUT2D eigenvalue weighted by Crippen LogP contribution is 2.22. The molecule has 20 heavy (non-hydrogen) atoms. The van der Waals surface area contributed by atoms with Gasteiger partial charge in [-0.15, -0.1) is 0 Å². The van der Waals surface area contributed by atoms with Crippen LogP contribution in [0.3, 0.4) is 0 Å². The highest BCUT2D eigenvalue weighted by molar-refractivity contribution is 5.99. The fourth-order valence-electron chi connectivity index (χ4n) is 2.67. The third-order valence-corrected chi connectivity index (χ3v) is 3.77. The molecule has 0 aliphatic carbocycles. The quantitative estimate of drug-likeness (QED) is 0.919. The Labute approximate surface area is 121 Å². The van der Waals surface area contributed by atoms with E-state index in [2.05, 4.69) is 5.32 Å². The van der Waals surface area contributed by atoms with Gasteiger partial charge in [-0.05, 0) is 44.4 Å². The summed E-state index contributed by atoms with van der Waals surface area (Å²) in [6.45, 7) is 6.40. The summed E-state index contributed by atoms with van der Waals surface area (Å²) in [7, 11) is 1.72. The van der Waals surface area contributed by atoms with Crippen molar-refractivity contribution < 1.29 is 9.53 Å². The van der Waals surface area contributed by atoms with Gasteiger partial charge in [0.2, 0.25) is 0 Å². The van der Waals surface area contributed by atoms with Gasteiger partial charge in [-0.2, -0.15) is 0 Å². The number of nitrogens with one attached hydrogen (secondary N) is 1. The molecule has 1 N–H and O–H groups in total. The second-order valence-electron chi connectivity index (χ2n) is 5.33. The van der Waals surface area contributed by atoms with Gasteiger partial charge >= 0.3 is 0 Å². The molecule has 110 valence electrons. The predicted molar refractivity (Wildman–Crippen MR) is 81.3 cm³/mol. The molecule has 0 spiro atoms. The molecule has 1 aromatic rings. The fraction of sp³-hybridized carbons (Fsp3) is 0.562. The topological polar surface area (TPSA) is 41.6 Å². The van der Waals surface area contributed by atoms with Gasteiger partial charge < -0.3 is 15.0 Å². The Morgan fingerprint density at radius 3 is 3.00 bits per heavy atom. The van der Waals surface area contributed by atoms with Gasteiger partial charge in [0.05, 0.1) is 11.7 Å². The van der Waals surface area contributed by atoms with Crippen molar-refractivity contribution in [3.05, 3.63) is 29.3 Å². The van der Waals surface area contributed by atoms with E-state index in [-0.39, 0.29) is 12.0 Å². The Morgan fingerprint density at radius 1 is 1.50 bits per heavy atom. The third-order valence-electron chi connectivity index (χ3n) is 3.77. The van der Waals surface area contributed by atoms with Crippen molar-refractivity contribution in [2.75, 3.05) is 32.1 Å². The van der Waals surface area contributed by atoms with Crippen LogP contribution in [0.2, 0.25) is 0 Å². The van der Waals surface area contributed by atoms with Crippen LogP contribution in [0.5, 0.6) is 0 Å². The number of methoxy groups -OCH3 is 1. The Morgan fingerprint density at radius 2 is 2.30 bits per heavy atom. The molecule has 4 nitrogen and oxygen atoms in total. The van der Waals surface area contributed by atoms with Crippen molar-refractivity contribution in [2.24, 2.45) is 0 Å². The number of carbonyl (C=O) groups excluding carboxylic acids is 1. The van der Waals surface area contributed by atoms with Crippen molar-refractivity contribution in [1.29, 1.82) is 0 Å². The zero-order valence-corrected chi connectivity index (χ0v) is 12.6. The predicted octanol–water partition coefficient (Wildman–Crippen LogP) is 2.68. The molecule has 0 saturated carbocycles. The second kappa shape index (κ2) is 6.75. The lowest BCUT2D eigenvalue weighted by Crippen LogP contribution is -2.43. The summed E-state index contributed by atoms with van der Waals surface area (Å²) >= 11 is 0. The maximum Gasteiger partial charge on any atom is 0.256 e. The lowest BCUT2D eigenvalue weighted by molar-refractivity contribution is 0.0269. The first-order chi connectivity index (χ1) is 9.65. The summed E-state index contributed by atoms with van der Waals surface area (Å²) < 4.78 is 5.39. The molecule has 4 heteroatoms. The Hall–Kier alpha value is -1.55. The van der Waals surface area contributed by atoms with Crippen molar-refractivity contribution in [3.8, 4) is 0 Å². The molecule has 1 amide bonds. The second-order valence-corrected chi connectivity index (χ2v) is 5.33. The zero-order valence-electron chi connectivity index (χ0n) is 12.6. The van der Waals surface area contributed by atoms with E-state index < -0.39 is 0 Å². The molecule has 1 aromatic carbocycles. The van der Waals surface area contributed by atoms with E-state index in [9.17, 15) is 4.79 Å². The number of hydrogen-bond acceptors (Lipinski definition) is 3. The Bertz CT molecular complexity index is 474. The van der Waals surface area contributed by atoms with Crippen LogP contribution in [0, 0.1) is 6.92 Å². The van der Waals surface area contributed by atoms with Gasteiger partial charge in [0.1, 0.15) is 0 Å². The van der Waals surface area contributed by atoms with Gasteiger partial charge in [-0.1, -0.05) is 6.07 Å². The number of aryl methyl sites for hydroxylation is 1. The van der Waals surface area contributed by atoms with Crippen LogP contribution in [0.15, 0.2) is 18.2 Å². The molecule has 1 atom stereocenters. The largest absolute Gasteiger partial charge is 0.385 e. The molecular weight excluding hydrogens is 252 g/mol. The summed E-state index contributed by atoms with van der Waals surface area (Å²) in [4.78, 5) is 14.6. The normalized spacial score (nSPS) is 18.9. The fourth-order valence-corrected chi connectivity index (χ4v) is 2.67. The van der Waals surface area contributed by atoms with E-state index >= 15 is 0 Å². The zero-order chi connectivity index (χ0) is 14.5. The molecular formula is C16H24N2O2. The monoisotopic (exact) mass is 276 g/mol. The highest BCUT2D eigenvalue weighted by atomic mass is 16.5. The maximum absolute atomic E-state index is 12.7. The minimum absolute atomic E-state index is 0.0997. The molecule has 1 heterocycles. The van der Waals surface area contributed by atoms with Crippen LogP contribution in [0.1, 0.15) is 35.7 Å². The highest BCUT2D eigenvalue weighted by Gasteiger charge is 2.25. The van der Waals surface area contributed by atoms with Crippen molar-refractivity contribution >= 4 is 11.6 Å². The molecule has 1 saturated heterocycles. The third kappa shape index (κ3) is 3.31. The first-order valence-electron chi connectivity index (χ1n) is 7.32. The van der Waals surface area contributed by atoms with Gasteiger partial charge in [0.25, 0.3) is 5.91 Å². The minimum Gasteiger partial charge on any atom is -0.385 e. The van der Waals surface area contributed by atoms with Crippen LogP contribution >= 0.6 is 0 Å². The first-order valence-corrected chi connectivity index (χ1v) is 7.32. The molecule has 1 fully saturated rings. The summed E-state index contributed by atoms with van der Waals surface area (Å²) in [6, 6.07) is 5.95. The van der Waals surface area contributed by atoms with Crippen LogP contribution in [-0.4, -0.2) is 43.7 Å². The number of hydrogen-bond donors (Lipinski definition) is 1. The Balaban J connectivity index is 2.19. The first kappa shape index (κ1) is 14.9. The van der Waals surface area contributed by atoms with Crippen LogP contribution < -0.4 is 5.32 Å². The summed E-state index contributed by atoms with van der Waals surface area (Å²) in [5.74, 6) is 0.0997. The average Bonchev–Trinajstić information content (AvgIpc) is 2.47. The lowest BCUT2D eigenvalue weighted by Gasteiger charge is -2.32. The average molecular weight is 276 g/mol. The Kier molecular flexibility index (Phi) is 5.01. The van der Waals surface area contributed by atoms with Crippen molar-refractivity contribution in [3.63, 3.8) is 0 Å². The number of nitrogens with zero attached hydrogens (tertiary/aromatic N) is 1. The van der Waals surface area contributed by atoms with Gasteiger partial charge in [-0.25, -0.2) is 0 Å². The number of likely N-dealkylation sites (tertiary alicyclic amines) is 1. The van der Waals surface area contributed by atoms with E-state index in [0.29, 0.717) is 6.54 Å². The van der Waals surface area contributed by atoms with Gasteiger partial charge in [-0.3, -0.25) is 4.79 Å². The number of benzene rings is 1. The van der Waals surface area contributed by atoms with E-state index in [4.69, 9.17) is 4.74 Å². The van der Waals surface area contributed by atoms with Crippen molar-refractivity contribution in [1.82, 2.24) is 4.90 Å². The van der Waals surface area contributed by atoms with E-state index in [0.717, 1.165) is 42.7 Å². The number of ether oxygens (including phenoxy) is 1. The minimum atomic E-state index is 0.0997. The maximum atomic E-state index is 12.7. The van der Waals surface area contributed by atoms with Crippen LogP contribution in [-0.2, 0) is 4.74 Å². The standard InChI is InChI=1S/C16H24N2O2/c1-4-17-15-10-12(2)7-8-14(15)16(19)18-9-5-6-13(11-18)20-3/h7-8,10,13,17H,4-6,9,11H2,1-3H3. The van der Waals surface area contributed by atoms with Crippen LogP contribution in [0.4, 0.5) is 5.69 Å². The number of piperidine rings is 1. The SMILES string of the molecule is CCNc1cc(C)ccc1C(=O)N1CCCC(OC)C1. The molecule has 0 radical (unpaired) electrons. The number of anilines is 1. The molecule has 1 unspecified atom stereocenters. The molecule has 1 aliphatic heterocycles. The van der Waals surface area contributed by atoms with Gasteiger partial charge in [0.15, 0.2) is 0 Å².